The number of morpholine rings is 1. The molecule has 0 aromatic heterocycles. The quantitative estimate of drug-likeness (QED) is 0.690. The first-order valence-corrected chi connectivity index (χ1v) is 11.3. The van der Waals surface area contributed by atoms with E-state index in [-0.39, 0.29) is 29.8 Å². The summed E-state index contributed by atoms with van der Waals surface area (Å²) in [5.74, 6) is 0.131. The number of piperidine rings is 1. The zero-order valence-electron chi connectivity index (χ0n) is 19.1. The highest BCUT2D eigenvalue weighted by atomic mass is 16.5. The highest BCUT2D eigenvalue weighted by Gasteiger charge is 2.36. The van der Waals surface area contributed by atoms with Crippen LogP contribution in [-0.2, 0) is 9.53 Å². The molecule has 1 unspecified atom stereocenters. The smallest absolute Gasteiger partial charge is 0.317 e. The summed E-state index contributed by atoms with van der Waals surface area (Å²) in [5, 5.41) is 5.89. The Morgan fingerprint density at radius 3 is 2.34 bits per heavy atom. The van der Waals surface area contributed by atoms with E-state index in [1.165, 1.54) is 0 Å². The van der Waals surface area contributed by atoms with Crippen molar-refractivity contribution < 1.29 is 23.9 Å². The van der Waals surface area contributed by atoms with Gasteiger partial charge in [-0.2, -0.15) is 0 Å². The molecule has 2 aliphatic rings. The number of hydrogen-bond donors (Lipinski definition) is 2. The third-order valence-electron chi connectivity index (χ3n) is 5.92. The van der Waals surface area contributed by atoms with E-state index < -0.39 is 6.04 Å². The molecule has 9 nitrogen and oxygen atoms in total. The van der Waals surface area contributed by atoms with Crippen LogP contribution in [0.5, 0.6) is 5.75 Å². The topological polar surface area (TPSA) is 100 Å². The Labute approximate surface area is 189 Å². The fourth-order valence-corrected chi connectivity index (χ4v) is 4.12. The summed E-state index contributed by atoms with van der Waals surface area (Å²) in [7, 11) is 1.55. The number of carbonyl (C=O) groups excluding carboxylic acids is 3. The molecule has 3 rings (SSSR count). The van der Waals surface area contributed by atoms with Gasteiger partial charge in [-0.05, 0) is 50.8 Å². The van der Waals surface area contributed by atoms with Crippen LogP contribution in [0.1, 0.15) is 37.0 Å². The zero-order valence-corrected chi connectivity index (χ0v) is 19.1. The molecule has 0 bridgehead atoms. The molecule has 2 aliphatic heterocycles. The van der Waals surface area contributed by atoms with Crippen LogP contribution >= 0.6 is 0 Å². The minimum absolute atomic E-state index is 0.0528. The van der Waals surface area contributed by atoms with Crippen molar-refractivity contribution in [3.8, 4) is 5.75 Å². The number of hydrogen-bond acceptors (Lipinski definition) is 5. The van der Waals surface area contributed by atoms with Gasteiger partial charge in [0.25, 0.3) is 5.91 Å². The Morgan fingerprint density at radius 1 is 1.03 bits per heavy atom. The van der Waals surface area contributed by atoms with E-state index in [0.29, 0.717) is 63.5 Å². The fourth-order valence-electron chi connectivity index (χ4n) is 4.12. The van der Waals surface area contributed by atoms with Crippen LogP contribution in [0.25, 0.3) is 0 Å². The second-order valence-electron chi connectivity index (χ2n) is 8.55. The summed E-state index contributed by atoms with van der Waals surface area (Å²) in [5.41, 5.74) is 0.442. The van der Waals surface area contributed by atoms with E-state index >= 15 is 0 Å². The highest BCUT2D eigenvalue weighted by Crippen LogP contribution is 2.23. The number of methoxy groups -OCH3 is 1. The first kappa shape index (κ1) is 23.8. The number of carbonyl (C=O) groups is 3. The molecule has 1 atom stereocenters. The Kier molecular flexibility index (Phi) is 8.33. The van der Waals surface area contributed by atoms with E-state index in [1.807, 2.05) is 13.8 Å². The Morgan fingerprint density at radius 2 is 1.72 bits per heavy atom. The molecule has 9 heteroatoms. The van der Waals surface area contributed by atoms with Crippen molar-refractivity contribution in [3.63, 3.8) is 0 Å². The van der Waals surface area contributed by atoms with Crippen molar-refractivity contribution in [2.24, 2.45) is 5.92 Å². The number of nitrogens with one attached hydrogen (secondary N) is 2. The number of ether oxygens (including phenoxy) is 2. The van der Waals surface area contributed by atoms with Gasteiger partial charge in [0.15, 0.2) is 0 Å². The van der Waals surface area contributed by atoms with E-state index in [0.717, 1.165) is 0 Å². The highest BCUT2D eigenvalue weighted by molar-refractivity contribution is 5.98. The first-order valence-electron chi connectivity index (χ1n) is 11.3. The van der Waals surface area contributed by atoms with Gasteiger partial charge in [0.05, 0.1) is 20.3 Å². The number of nitrogens with zero attached hydrogens (tertiary/aromatic N) is 2. The second kappa shape index (κ2) is 11.2. The van der Waals surface area contributed by atoms with Crippen molar-refractivity contribution in [1.29, 1.82) is 0 Å². The van der Waals surface area contributed by atoms with Gasteiger partial charge in [0, 0.05) is 37.8 Å². The SMILES string of the molecule is COc1cccc(C(=O)NC(C(=O)N2CCOCC2)C2CCN(C(=O)NC(C)C)CC2)c1. The van der Waals surface area contributed by atoms with Crippen molar-refractivity contribution in [3.05, 3.63) is 29.8 Å². The summed E-state index contributed by atoms with van der Waals surface area (Å²) in [6, 6.07) is 6.20. The van der Waals surface area contributed by atoms with Gasteiger partial charge in [-0.3, -0.25) is 9.59 Å². The molecular formula is C23H34N4O5. The zero-order chi connectivity index (χ0) is 23.1. The van der Waals surface area contributed by atoms with Crippen molar-refractivity contribution in [2.45, 2.75) is 38.8 Å². The molecule has 0 saturated carbocycles. The van der Waals surface area contributed by atoms with Gasteiger partial charge < -0.3 is 29.9 Å². The van der Waals surface area contributed by atoms with Gasteiger partial charge in [-0.25, -0.2) is 4.79 Å². The third-order valence-corrected chi connectivity index (χ3v) is 5.92. The second-order valence-corrected chi connectivity index (χ2v) is 8.55. The number of rotatable bonds is 6. The largest absolute Gasteiger partial charge is 0.497 e. The molecule has 1 aromatic carbocycles. The van der Waals surface area contributed by atoms with Gasteiger partial charge in [-0.15, -0.1) is 0 Å². The van der Waals surface area contributed by atoms with Crippen LogP contribution < -0.4 is 15.4 Å². The van der Waals surface area contributed by atoms with Crippen molar-refractivity contribution in [1.82, 2.24) is 20.4 Å². The molecule has 2 heterocycles. The maximum Gasteiger partial charge on any atom is 0.317 e. The van der Waals surface area contributed by atoms with Gasteiger partial charge in [0.2, 0.25) is 5.91 Å². The summed E-state index contributed by atoms with van der Waals surface area (Å²) >= 11 is 0. The molecule has 2 fully saturated rings. The van der Waals surface area contributed by atoms with E-state index in [1.54, 1.807) is 41.2 Å². The molecule has 2 saturated heterocycles. The van der Waals surface area contributed by atoms with Gasteiger partial charge in [0.1, 0.15) is 11.8 Å². The predicted octanol–water partition coefficient (Wildman–Crippen LogP) is 1.48. The standard InChI is InChI=1S/C23H34N4O5/c1-16(2)24-23(30)27-9-7-17(8-10-27)20(22(29)26-11-13-32-14-12-26)25-21(28)18-5-4-6-19(15-18)31-3/h4-6,15-17,20H,7-14H2,1-3H3,(H,24,30)(H,25,28). The molecular weight excluding hydrogens is 412 g/mol. The lowest BCUT2D eigenvalue weighted by Gasteiger charge is -2.38. The summed E-state index contributed by atoms with van der Waals surface area (Å²) in [6.07, 6.45) is 1.29. The molecule has 176 valence electrons. The predicted molar refractivity (Wildman–Crippen MR) is 120 cm³/mol. The molecule has 32 heavy (non-hydrogen) atoms. The van der Waals surface area contributed by atoms with E-state index in [2.05, 4.69) is 10.6 Å². The van der Waals surface area contributed by atoms with Gasteiger partial charge in [-0.1, -0.05) is 6.07 Å². The Balaban J connectivity index is 1.71. The maximum atomic E-state index is 13.4. The lowest BCUT2D eigenvalue weighted by molar-refractivity contribution is -0.139. The van der Waals surface area contributed by atoms with Crippen LogP contribution in [0, 0.1) is 5.92 Å². The molecule has 0 radical (unpaired) electrons. The van der Waals surface area contributed by atoms with Crippen LogP contribution in [0.2, 0.25) is 0 Å². The van der Waals surface area contributed by atoms with Crippen LogP contribution in [0.15, 0.2) is 24.3 Å². The molecule has 4 amide bonds. The maximum absolute atomic E-state index is 13.4. The minimum atomic E-state index is -0.651. The van der Waals surface area contributed by atoms with Crippen molar-refractivity contribution >= 4 is 17.8 Å². The van der Waals surface area contributed by atoms with Gasteiger partial charge >= 0.3 is 6.03 Å². The normalized spacial score (nSPS) is 18.2. The first-order chi connectivity index (χ1) is 15.4. The number of urea groups is 1. The number of likely N-dealkylation sites (tertiary alicyclic amines) is 1. The average molecular weight is 447 g/mol. The Hall–Kier alpha value is -2.81. The molecule has 0 spiro atoms. The summed E-state index contributed by atoms with van der Waals surface area (Å²) < 4.78 is 10.6. The monoisotopic (exact) mass is 446 g/mol. The van der Waals surface area contributed by atoms with Crippen LogP contribution in [0.4, 0.5) is 4.79 Å². The molecule has 1 aromatic rings. The van der Waals surface area contributed by atoms with Crippen LogP contribution in [-0.4, -0.2) is 86.2 Å². The van der Waals surface area contributed by atoms with E-state index in [9.17, 15) is 14.4 Å². The summed E-state index contributed by atoms with van der Waals surface area (Å²) in [4.78, 5) is 42.3. The van der Waals surface area contributed by atoms with Crippen LogP contribution in [0.3, 0.4) is 0 Å². The minimum Gasteiger partial charge on any atom is -0.497 e. The lowest BCUT2D eigenvalue weighted by Crippen LogP contribution is -2.57. The lowest BCUT2D eigenvalue weighted by atomic mass is 9.88. The number of amides is 4. The summed E-state index contributed by atoms with van der Waals surface area (Å²) in [6.45, 7) is 6.97. The Bertz CT molecular complexity index is 801. The number of benzene rings is 1. The third kappa shape index (κ3) is 6.12. The average Bonchev–Trinajstić information content (AvgIpc) is 2.82. The molecule has 2 N–H and O–H groups in total. The van der Waals surface area contributed by atoms with E-state index in [4.69, 9.17) is 9.47 Å². The van der Waals surface area contributed by atoms with Crippen molar-refractivity contribution in [2.75, 3.05) is 46.5 Å². The molecule has 0 aliphatic carbocycles. The fraction of sp³-hybridized carbons (Fsp3) is 0.609.